The van der Waals surface area contributed by atoms with Crippen molar-refractivity contribution < 1.29 is 24.2 Å². The van der Waals surface area contributed by atoms with Gasteiger partial charge in [-0.05, 0) is 55.8 Å². The molecule has 3 rings (SSSR count). The van der Waals surface area contributed by atoms with E-state index < -0.39 is 36.0 Å². The van der Waals surface area contributed by atoms with Gasteiger partial charge < -0.3 is 15.5 Å². The highest BCUT2D eigenvalue weighted by atomic mass is 35.5. The normalized spacial score (nSPS) is 12.2. The summed E-state index contributed by atoms with van der Waals surface area (Å²) >= 11 is 5.88. The van der Waals surface area contributed by atoms with E-state index in [0.29, 0.717) is 16.3 Å². The van der Waals surface area contributed by atoms with E-state index in [2.05, 4.69) is 5.32 Å². The molecule has 0 aliphatic carbocycles. The first kappa shape index (κ1) is 19.9. The number of halogens is 2. The molecule has 0 unspecified atom stereocenters. The van der Waals surface area contributed by atoms with E-state index in [-0.39, 0.29) is 16.5 Å². The van der Waals surface area contributed by atoms with Gasteiger partial charge in [0.1, 0.15) is 6.73 Å². The molecule has 0 fully saturated rings. The lowest BCUT2D eigenvalue weighted by molar-refractivity contribution is -0.123. The summed E-state index contributed by atoms with van der Waals surface area (Å²) in [7, 11) is 0. The van der Waals surface area contributed by atoms with E-state index >= 15 is 0 Å². The van der Waals surface area contributed by atoms with Crippen molar-refractivity contribution >= 4 is 34.3 Å². The minimum Gasteiger partial charge on any atom is -0.505 e. The third-order valence-electron chi connectivity index (χ3n) is 4.71. The van der Waals surface area contributed by atoms with Gasteiger partial charge in [-0.2, -0.15) is 0 Å². The van der Waals surface area contributed by atoms with E-state index in [4.69, 9.17) is 16.7 Å². The van der Waals surface area contributed by atoms with Crippen LogP contribution >= 0.6 is 11.6 Å². The first-order valence-corrected chi connectivity index (χ1v) is 8.87. The maximum absolute atomic E-state index is 14.8. The summed E-state index contributed by atoms with van der Waals surface area (Å²) in [6.45, 7) is 2.56. The maximum Gasteiger partial charge on any atom is 0.262 e. The molecule has 0 bridgehead atoms. The van der Waals surface area contributed by atoms with Crippen LogP contribution in [-0.2, 0) is 4.79 Å². The van der Waals surface area contributed by atoms with Crippen molar-refractivity contribution in [2.24, 2.45) is 0 Å². The SMILES string of the molecule is Cc1c([C@@H](C)C(=O)NCO)c2c(F)c(O)ccc2n1C(=O)c1ccc(Cl)cc1. The molecule has 1 heterocycles. The molecule has 8 heteroatoms. The Bertz CT molecular complexity index is 1080. The standard InChI is InChI=1S/C20H18ClFN2O4/c1-10(19(27)23-9-25)16-11(2)24(14-7-8-15(26)18(22)17(14)16)20(28)12-3-5-13(21)6-4-12/h3-8,10,25-26H,9H2,1-2H3,(H,23,27)/t10-/m1/s1. The molecule has 1 aromatic heterocycles. The van der Waals surface area contributed by atoms with Crippen molar-refractivity contribution in [3.8, 4) is 5.75 Å². The molecular formula is C20H18ClFN2O4. The average molecular weight is 405 g/mol. The molecule has 1 atom stereocenters. The third kappa shape index (κ3) is 3.23. The summed E-state index contributed by atoms with van der Waals surface area (Å²) in [6.07, 6.45) is 0. The molecule has 6 nitrogen and oxygen atoms in total. The second kappa shape index (κ2) is 7.61. The number of phenolic OH excluding ortho intramolecular Hbond substituents is 1. The molecule has 146 valence electrons. The minimum atomic E-state index is -0.915. The molecule has 0 spiro atoms. The predicted molar refractivity (Wildman–Crippen MR) is 103 cm³/mol. The Labute approximate surface area is 165 Å². The zero-order chi connectivity index (χ0) is 20.6. The van der Waals surface area contributed by atoms with Crippen LogP contribution in [0.3, 0.4) is 0 Å². The Morgan fingerprint density at radius 3 is 2.46 bits per heavy atom. The third-order valence-corrected chi connectivity index (χ3v) is 4.96. The van der Waals surface area contributed by atoms with Crippen LogP contribution in [0.15, 0.2) is 36.4 Å². The number of rotatable bonds is 4. The Hall–Kier alpha value is -2.90. The zero-order valence-electron chi connectivity index (χ0n) is 15.2. The molecule has 0 saturated carbocycles. The van der Waals surface area contributed by atoms with Crippen LogP contribution in [0.25, 0.3) is 10.9 Å². The van der Waals surface area contributed by atoms with Gasteiger partial charge in [0.15, 0.2) is 11.6 Å². The van der Waals surface area contributed by atoms with Crippen molar-refractivity contribution in [3.63, 3.8) is 0 Å². The Balaban J connectivity index is 2.28. The lowest BCUT2D eigenvalue weighted by atomic mass is 9.96. The highest BCUT2D eigenvalue weighted by Gasteiger charge is 2.29. The molecule has 0 aliphatic rings. The van der Waals surface area contributed by atoms with Crippen molar-refractivity contribution in [2.45, 2.75) is 19.8 Å². The number of fused-ring (bicyclic) bond motifs is 1. The molecule has 0 aliphatic heterocycles. The van der Waals surface area contributed by atoms with Crippen LogP contribution in [0.2, 0.25) is 5.02 Å². The fraction of sp³-hybridized carbons (Fsp3) is 0.200. The van der Waals surface area contributed by atoms with Gasteiger partial charge in [0.2, 0.25) is 5.91 Å². The Kier molecular flexibility index (Phi) is 5.40. The van der Waals surface area contributed by atoms with E-state index in [1.165, 1.54) is 17.6 Å². The quantitative estimate of drug-likeness (QED) is 0.582. The minimum absolute atomic E-state index is 0.0135. The molecule has 3 N–H and O–H groups in total. The highest BCUT2D eigenvalue weighted by molar-refractivity contribution is 6.30. The number of benzene rings is 2. The van der Waals surface area contributed by atoms with Crippen molar-refractivity contribution in [1.82, 2.24) is 9.88 Å². The number of hydrogen-bond acceptors (Lipinski definition) is 4. The number of carbonyl (C=O) groups is 2. The van der Waals surface area contributed by atoms with Gasteiger partial charge in [0, 0.05) is 21.7 Å². The fourth-order valence-corrected chi connectivity index (χ4v) is 3.48. The van der Waals surface area contributed by atoms with Crippen molar-refractivity contribution in [1.29, 1.82) is 0 Å². The molecule has 0 saturated heterocycles. The number of aromatic hydroxyl groups is 1. The molecular weight excluding hydrogens is 387 g/mol. The number of aromatic nitrogens is 1. The number of phenols is 1. The van der Waals surface area contributed by atoms with Gasteiger partial charge in [-0.25, -0.2) is 4.39 Å². The van der Waals surface area contributed by atoms with Gasteiger partial charge in [0.25, 0.3) is 5.91 Å². The van der Waals surface area contributed by atoms with Crippen LogP contribution < -0.4 is 5.32 Å². The number of amides is 1. The molecule has 2 aromatic carbocycles. The molecule has 1 amide bonds. The van der Waals surface area contributed by atoms with E-state index in [1.54, 1.807) is 31.2 Å². The van der Waals surface area contributed by atoms with Gasteiger partial charge in [-0.3, -0.25) is 14.2 Å². The highest BCUT2D eigenvalue weighted by Crippen LogP contribution is 2.37. The molecule has 28 heavy (non-hydrogen) atoms. The summed E-state index contributed by atoms with van der Waals surface area (Å²) in [4.78, 5) is 25.4. The topological polar surface area (TPSA) is 91.6 Å². The van der Waals surface area contributed by atoms with Gasteiger partial charge in [-0.15, -0.1) is 0 Å². The number of aliphatic hydroxyl groups is 1. The van der Waals surface area contributed by atoms with Crippen molar-refractivity contribution in [3.05, 3.63) is 64.1 Å². The van der Waals surface area contributed by atoms with Crippen LogP contribution in [0, 0.1) is 12.7 Å². The number of aliphatic hydroxyl groups excluding tert-OH is 1. The average Bonchev–Trinajstić information content (AvgIpc) is 2.97. The van der Waals surface area contributed by atoms with E-state index in [0.717, 1.165) is 6.07 Å². The number of hydrogen-bond donors (Lipinski definition) is 3. The van der Waals surface area contributed by atoms with Gasteiger partial charge in [-0.1, -0.05) is 11.6 Å². The largest absolute Gasteiger partial charge is 0.505 e. The van der Waals surface area contributed by atoms with Crippen LogP contribution in [0.4, 0.5) is 4.39 Å². The number of carbonyl (C=O) groups excluding carboxylic acids is 2. The number of nitrogens with one attached hydrogen (secondary N) is 1. The maximum atomic E-state index is 14.8. The lowest BCUT2D eigenvalue weighted by Gasteiger charge is -2.13. The van der Waals surface area contributed by atoms with Crippen LogP contribution in [0.5, 0.6) is 5.75 Å². The summed E-state index contributed by atoms with van der Waals surface area (Å²) < 4.78 is 16.1. The van der Waals surface area contributed by atoms with Crippen LogP contribution in [-0.4, -0.2) is 33.3 Å². The second-order valence-electron chi connectivity index (χ2n) is 6.36. The van der Waals surface area contributed by atoms with Gasteiger partial charge in [0.05, 0.1) is 11.4 Å². The summed E-state index contributed by atoms with van der Waals surface area (Å²) in [5.74, 6) is -3.33. The van der Waals surface area contributed by atoms with Gasteiger partial charge >= 0.3 is 0 Å². The van der Waals surface area contributed by atoms with E-state index in [9.17, 15) is 19.1 Å². The number of nitrogens with zero attached hydrogens (tertiary/aromatic N) is 1. The Morgan fingerprint density at radius 1 is 1.21 bits per heavy atom. The second-order valence-corrected chi connectivity index (χ2v) is 6.80. The molecule has 0 radical (unpaired) electrons. The van der Waals surface area contributed by atoms with E-state index in [1.807, 2.05) is 0 Å². The first-order chi connectivity index (χ1) is 13.3. The fourth-order valence-electron chi connectivity index (χ4n) is 3.35. The first-order valence-electron chi connectivity index (χ1n) is 8.49. The lowest BCUT2D eigenvalue weighted by Crippen LogP contribution is -2.29. The Morgan fingerprint density at radius 2 is 1.86 bits per heavy atom. The summed E-state index contributed by atoms with van der Waals surface area (Å²) in [6, 6.07) is 8.82. The zero-order valence-corrected chi connectivity index (χ0v) is 15.9. The van der Waals surface area contributed by atoms with Crippen molar-refractivity contribution in [2.75, 3.05) is 6.73 Å². The molecule has 3 aromatic rings. The predicted octanol–water partition coefficient (Wildman–Crippen LogP) is 3.31. The summed E-state index contributed by atoms with van der Waals surface area (Å²) in [5.41, 5.74) is 1.18. The monoisotopic (exact) mass is 404 g/mol. The smallest absolute Gasteiger partial charge is 0.262 e. The summed E-state index contributed by atoms with van der Waals surface area (Å²) in [5, 5.41) is 21.5. The van der Waals surface area contributed by atoms with Crippen LogP contribution in [0.1, 0.15) is 34.5 Å².